The van der Waals surface area contributed by atoms with E-state index < -0.39 is 30.2 Å². The molecule has 0 spiro atoms. The summed E-state index contributed by atoms with van der Waals surface area (Å²) in [5, 5.41) is 19.1. The Morgan fingerprint density at radius 2 is 2.37 bits per heavy atom. The monoisotopic (exact) mass is 271 g/mol. The Morgan fingerprint density at radius 1 is 1.63 bits per heavy atom. The zero-order chi connectivity index (χ0) is 14.0. The Bertz CT molecular complexity index is 491. The highest BCUT2D eigenvalue weighted by Crippen LogP contribution is 2.30. The van der Waals surface area contributed by atoms with Crippen molar-refractivity contribution in [2.75, 3.05) is 18.9 Å². The van der Waals surface area contributed by atoms with E-state index in [1.54, 1.807) is 6.92 Å². The van der Waals surface area contributed by atoms with Crippen LogP contribution in [-0.4, -0.2) is 51.3 Å². The first-order valence-corrected chi connectivity index (χ1v) is 5.99. The molecule has 106 valence electrons. The molecule has 2 heterocycles. The van der Waals surface area contributed by atoms with Gasteiger partial charge in [0, 0.05) is 12.8 Å². The quantitative estimate of drug-likeness (QED) is 0.608. The van der Waals surface area contributed by atoms with E-state index in [1.807, 2.05) is 0 Å². The maximum atomic E-state index is 11.8. The van der Waals surface area contributed by atoms with Crippen LogP contribution in [0.4, 0.5) is 5.82 Å². The van der Waals surface area contributed by atoms with E-state index in [0.717, 1.165) is 0 Å². The maximum absolute atomic E-state index is 11.8. The van der Waals surface area contributed by atoms with Crippen molar-refractivity contribution in [1.29, 1.82) is 0 Å². The third kappa shape index (κ3) is 2.61. The summed E-state index contributed by atoms with van der Waals surface area (Å²) >= 11 is 0. The molecule has 19 heavy (non-hydrogen) atoms. The van der Waals surface area contributed by atoms with E-state index in [1.165, 1.54) is 16.8 Å². The normalized spacial score (nSPS) is 30.7. The average molecular weight is 271 g/mol. The third-order valence-electron chi connectivity index (χ3n) is 2.98. The van der Waals surface area contributed by atoms with Gasteiger partial charge < -0.3 is 25.4 Å². The molecule has 0 saturated carbocycles. The van der Waals surface area contributed by atoms with Gasteiger partial charge in [0.15, 0.2) is 6.23 Å². The van der Waals surface area contributed by atoms with Crippen LogP contribution in [0.15, 0.2) is 17.1 Å². The zero-order valence-electron chi connectivity index (χ0n) is 10.5. The van der Waals surface area contributed by atoms with Gasteiger partial charge >= 0.3 is 5.69 Å². The molecule has 1 aliphatic rings. The van der Waals surface area contributed by atoms with Crippen LogP contribution >= 0.6 is 0 Å². The third-order valence-corrected chi connectivity index (χ3v) is 2.98. The summed E-state index contributed by atoms with van der Waals surface area (Å²) in [5.74, 6) is 0.103. The SMILES string of the molecule is CCOC1[C@@H](O)[C@@H](CO)O[C@H]1n1ccc(N)nc1=O. The first-order chi connectivity index (χ1) is 9.08. The van der Waals surface area contributed by atoms with Gasteiger partial charge in [-0.05, 0) is 13.0 Å². The van der Waals surface area contributed by atoms with Gasteiger partial charge in [-0.15, -0.1) is 0 Å². The van der Waals surface area contributed by atoms with Gasteiger partial charge in [-0.2, -0.15) is 4.98 Å². The van der Waals surface area contributed by atoms with Crippen molar-refractivity contribution in [3.63, 3.8) is 0 Å². The number of nitrogens with two attached hydrogens (primary N) is 1. The zero-order valence-corrected chi connectivity index (χ0v) is 10.5. The van der Waals surface area contributed by atoms with Gasteiger partial charge in [-0.1, -0.05) is 0 Å². The number of hydrogen-bond donors (Lipinski definition) is 3. The van der Waals surface area contributed by atoms with E-state index in [4.69, 9.17) is 20.3 Å². The molecular formula is C11H17N3O5. The fourth-order valence-electron chi connectivity index (χ4n) is 2.09. The topological polar surface area (TPSA) is 120 Å². The predicted molar refractivity (Wildman–Crippen MR) is 65.3 cm³/mol. The highest BCUT2D eigenvalue weighted by Gasteiger charge is 2.45. The standard InChI is InChI=1S/C11H17N3O5/c1-2-18-9-8(16)6(5-15)19-10(9)14-4-3-7(12)13-11(14)17/h3-4,6,8-10,15-16H,2,5H2,1H3,(H2,12,13,17)/t6-,8+,9?,10-/m1/s1. The Kier molecular flexibility index (Phi) is 4.15. The summed E-state index contributed by atoms with van der Waals surface area (Å²) in [6.07, 6.45) is -1.98. The van der Waals surface area contributed by atoms with Gasteiger partial charge in [-0.3, -0.25) is 4.57 Å². The van der Waals surface area contributed by atoms with E-state index in [9.17, 15) is 9.90 Å². The number of aliphatic hydroxyl groups is 2. The lowest BCUT2D eigenvalue weighted by molar-refractivity contribution is -0.0716. The molecule has 0 amide bonds. The van der Waals surface area contributed by atoms with E-state index >= 15 is 0 Å². The molecule has 8 nitrogen and oxygen atoms in total. The molecule has 1 aromatic heterocycles. The van der Waals surface area contributed by atoms with Gasteiger partial charge in [0.1, 0.15) is 24.1 Å². The predicted octanol–water partition coefficient (Wildman–Crippen LogP) is -1.52. The second-order valence-electron chi connectivity index (χ2n) is 4.20. The van der Waals surface area contributed by atoms with E-state index in [2.05, 4.69) is 4.98 Å². The highest BCUT2D eigenvalue weighted by molar-refractivity contribution is 5.23. The average Bonchev–Trinajstić information content (AvgIpc) is 2.68. The van der Waals surface area contributed by atoms with Crippen LogP contribution in [0, 0.1) is 0 Å². The molecular weight excluding hydrogens is 254 g/mol. The fraction of sp³-hybridized carbons (Fsp3) is 0.636. The van der Waals surface area contributed by atoms with Gasteiger partial charge in [0.25, 0.3) is 0 Å². The van der Waals surface area contributed by atoms with Gasteiger partial charge in [-0.25, -0.2) is 4.79 Å². The van der Waals surface area contributed by atoms with Crippen LogP contribution in [0.3, 0.4) is 0 Å². The molecule has 8 heteroatoms. The summed E-state index contributed by atoms with van der Waals surface area (Å²) in [7, 11) is 0. The Balaban J connectivity index is 2.33. The number of ether oxygens (including phenoxy) is 2. The van der Waals surface area contributed by atoms with Crippen LogP contribution in [0.25, 0.3) is 0 Å². The summed E-state index contributed by atoms with van der Waals surface area (Å²) in [6.45, 7) is 1.75. The van der Waals surface area contributed by atoms with Crippen LogP contribution in [-0.2, 0) is 9.47 Å². The molecule has 0 aromatic carbocycles. The summed E-state index contributed by atoms with van der Waals surface area (Å²) in [5.41, 5.74) is 4.82. The first-order valence-electron chi connectivity index (χ1n) is 5.99. The second kappa shape index (κ2) is 5.66. The largest absolute Gasteiger partial charge is 0.394 e. The minimum atomic E-state index is -1.01. The Hall–Kier alpha value is -1.48. The van der Waals surface area contributed by atoms with Gasteiger partial charge in [0.2, 0.25) is 0 Å². The number of rotatable bonds is 4. The molecule has 2 rings (SSSR count). The van der Waals surface area contributed by atoms with Crippen molar-refractivity contribution in [2.24, 2.45) is 0 Å². The molecule has 1 unspecified atom stereocenters. The lowest BCUT2D eigenvalue weighted by Crippen LogP contribution is -2.38. The fourth-order valence-corrected chi connectivity index (χ4v) is 2.09. The molecule has 1 fully saturated rings. The molecule has 1 aromatic rings. The number of hydrogen-bond acceptors (Lipinski definition) is 7. The van der Waals surface area contributed by atoms with Gasteiger partial charge in [0.05, 0.1) is 6.61 Å². The highest BCUT2D eigenvalue weighted by atomic mass is 16.6. The van der Waals surface area contributed by atoms with Crippen LogP contribution in [0.2, 0.25) is 0 Å². The van der Waals surface area contributed by atoms with Crippen LogP contribution < -0.4 is 11.4 Å². The van der Waals surface area contributed by atoms with Crippen molar-refractivity contribution in [3.05, 3.63) is 22.7 Å². The number of nitrogen functional groups attached to an aromatic ring is 1. The number of nitrogens with zero attached hydrogens (tertiary/aromatic N) is 2. The lowest BCUT2D eigenvalue weighted by Gasteiger charge is -2.21. The molecule has 0 radical (unpaired) electrons. The van der Waals surface area contributed by atoms with Crippen molar-refractivity contribution < 1.29 is 19.7 Å². The first kappa shape index (κ1) is 13.9. The molecule has 4 atom stereocenters. The summed E-state index contributed by atoms with van der Waals surface area (Å²) < 4.78 is 12.0. The van der Waals surface area contributed by atoms with Crippen molar-refractivity contribution in [3.8, 4) is 0 Å². The Morgan fingerprint density at radius 3 is 2.95 bits per heavy atom. The molecule has 4 N–H and O–H groups in total. The minimum absolute atomic E-state index is 0.103. The molecule has 0 bridgehead atoms. The summed E-state index contributed by atoms with van der Waals surface area (Å²) in [4.78, 5) is 15.4. The lowest BCUT2D eigenvalue weighted by atomic mass is 10.1. The Labute approximate surface area is 109 Å². The number of aliphatic hydroxyl groups excluding tert-OH is 2. The van der Waals surface area contributed by atoms with E-state index in [0.29, 0.717) is 6.61 Å². The molecule has 1 saturated heterocycles. The molecule has 0 aliphatic carbocycles. The molecule has 1 aliphatic heterocycles. The van der Waals surface area contributed by atoms with Crippen molar-refractivity contribution in [2.45, 2.75) is 31.5 Å². The minimum Gasteiger partial charge on any atom is -0.394 e. The van der Waals surface area contributed by atoms with Crippen molar-refractivity contribution >= 4 is 5.82 Å². The van der Waals surface area contributed by atoms with E-state index in [-0.39, 0.29) is 12.4 Å². The second-order valence-corrected chi connectivity index (χ2v) is 4.20. The number of anilines is 1. The summed E-state index contributed by atoms with van der Waals surface area (Å²) in [6, 6.07) is 1.45. The van der Waals surface area contributed by atoms with Crippen LogP contribution in [0.1, 0.15) is 13.2 Å². The smallest absolute Gasteiger partial charge is 0.351 e. The van der Waals surface area contributed by atoms with Crippen LogP contribution in [0.5, 0.6) is 0 Å². The van der Waals surface area contributed by atoms with Crippen molar-refractivity contribution in [1.82, 2.24) is 9.55 Å². The maximum Gasteiger partial charge on any atom is 0.351 e. The number of aromatic nitrogens is 2.